The van der Waals surface area contributed by atoms with E-state index in [4.69, 9.17) is 0 Å². The van der Waals surface area contributed by atoms with Crippen LogP contribution < -0.4 is 0 Å². The zero-order chi connectivity index (χ0) is 8.93. The Bertz CT molecular complexity index is 119. The maximum absolute atomic E-state index is 2.68. The molecule has 2 bridgehead atoms. The van der Waals surface area contributed by atoms with E-state index < -0.39 is 0 Å². The first-order chi connectivity index (χ1) is 6.45. The lowest BCUT2D eigenvalue weighted by Crippen LogP contribution is -2.27. The second-order valence-electron chi connectivity index (χ2n) is 4.45. The van der Waals surface area contributed by atoms with Crippen molar-refractivity contribution in [2.24, 2.45) is 0 Å². The molecule has 13 heavy (non-hydrogen) atoms. The average molecular weight is 182 g/mol. The quantitative estimate of drug-likeness (QED) is 0.561. The zero-order valence-electron chi connectivity index (χ0n) is 8.67. The van der Waals surface area contributed by atoms with E-state index in [0.29, 0.717) is 0 Å². The van der Waals surface area contributed by atoms with E-state index in [1.54, 1.807) is 0 Å². The summed E-state index contributed by atoms with van der Waals surface area (Å²) < 4.78 is 0. The summed E-state index contributed by atoms with van der Waals surface area (Å²) in [5, 5.41) is 0. The van der Waals surface area contributed by atoms with Gasteiger partial charge in [-0.05, 0) is 71.4 Å². The van der Waals surface area contributed by atoms with Crippen molar-refractivity contribution in [3.8, 4) is 0 Å². The van der Waals surface area contributed by atoms with Crippen LogP contribution in [0.2, 0.25) is 0 Å². The van der Waals surface area contributed by atoms with Gasteiger partial charge in [0.1, 0.15) is 0 Å². The van der Waals surface area contributed by atoms with Crippen molar-refractivity contribution in [3.05, 3.63) is 0 Å². The summed E-state index contributed by atoms with van der Waals surface area (Å²) in [6.07, 6.45) is 7.04. The highest BCUT2D eigenvalue weighted by molar-refractivity contribution is 4.69. The Morgan fingerprint density at radius 2 is 0.692 bits per heavy atom. The molecule has 2 fully saturated rings. The van der Waals surface area contributed by atoms with Crippen LogP contribution in [0, 0.1) is 0 Å². The molecule has 2 rings (SSSR count). The standard InChI is InChI=1S/C11H22N2/c1-2-7-13-9-4-3-8-12(6-1)10-5-11-13/h1-11H2. The molecule has 0 amide bonds. The molecule has 2 aliphatic rings. The van der Waals surface area contributed by atoms with E-state index in [-0.39, 0.29) is 0 Å². The van der Waals surface area contributed by atoms with Gasteiger partial charge < -0.3 is 9.80 Å². The minimum absolute atomic E-state index is 1.34. The van der Waals surface area contributed by atoms with Gasteiger partial charge in [-0.1, -0.05) is 0 Å². The van der Waals surface area contributed by atoms with Gasteiger partial charge in [0.25, 0.3) is 0 Å². The van der Waals surface area contributed by atoms with Gasteiger partial charge in [-0.2, -0.15) is 0 Å². The van der Waals surface area contributed by atoms with Crippen molar-refractivity contribution in [3.63, 3.8) is 0 Å². The first kappa shape index (κ1) is 9.47. The van der Waals surface area contributed by atoms with Crippen LogP contribution in [0.1, 0.15) is 32.1 Å². The predicted octanol–water partition coefficient (Wildman–Crippen LogP) is 1.57. The smallest absolute Gasteiger partial charge is 0.000655 e. The van der Waals surface area contributed by atoms with Crippen molar-refractivity contribution >= 4 is 0 Å². The third kappa shape index (κ3) is 2.96. The Hall–Kier alpha value is -0.0800. The molecule has 0 N–H and O–H groups in total. The predicted molar refractivity (Wildman–Crippen MR) is 56.0 cm³/mol. The highest BCUT2D eigenvalue weighted by Gasteiger charge is 2.13. The second kappa shape index (κ2) is 4.97. The van der Waals surface area contributed by atoms with E-state index in [2.05, 4.69) is 9.80 Å². The Balaban J connectivity index is 1.95. The lowest BCUT2D eigenvalue weighted by atomic mass is 10.2. The van der Waals surface area contributed by atoms with Crippen LogP contribution in [0.5, 0.6) is 0 Å². The monoisotopic (exact) mass is 182 g/mol. The minimum Gasteiger partial charge on any atom is -0.303 e. The summed E-state index contributed by atoms with van der Waals surface area (Å²) in [7, 11) is 0. The molecule has 76 valence electrons. The van der Waals surface area contributed by atoms with E-state index in [0.717, 1.165) is 0 Å². The summed E-state index contributed by atoms with van der Waals surface area (Å²) in [4.78, 5) is 5.35. The highest BCUT2D eigenvalue weighted by Crippen LogP contribution is 2.10. The average Bonchev–Trinajstić information content (AvgIpc) is 2.33. The van der Waals surface area contributed by atoms with Crippen molar-refractivity contribution in [2.45, 2.75) is 32.1 Å². The van der Waals surface area contributed by atoms with Gasteiger partial charge in [0.2, 0.25) is 0 Å². The fourth-order valence-corrected chi connectivity index (χ4v) is 2.53. The molecular weight excluding hydrogens is 160 g/mol. The summed E-state index contributed by atoms with van der Waals surface area (Å²) in [5.41, 5.74) is 0. The van der Waals surface area contributed by atoms with Crippen LogP contribution in [0.4, 0.5) is 0 Å². The molecule has 2 heterocycles. The molecule has 0 unspecified atom stereocenters. The van der Waals surface area contributed by atoms with Crippen molar-refractivity contribution in [2.75, 3.05) is 39.3 Å². The summed E-state index contributed by atoms with van der Waals surface area (Å²) >= 11 is 0. The van der Waals surface area contributed by atoms with Gasteiger partial charge >= 0.3 is 0 Å². The van der Waals surface area contributed by atoms with Crippen molar-refractivity contribution in [1.82, 2.24) is 9.80 Å². The number of nitrogens with zero attached hydrogens (tertiary/aromatic N) is 2. The fraction of sp³-hybridized carbons (Fsp3) is 1.00. The first-order valence-corrected chi connectivity index (χ1v) is 5.90. The summed E-state index contributed by atoms with van der Waals surface area (Å²) in [6, 6.07) is 0. The molecule has 0 spiro atoms. The number of fused-ring (bicyclic) bond motifs is 4. The third-order valence-corrected chi connectivity index (χ3v) is 3.35. The molecule has 0 atom stereocenters. The Morgan fingerprint density at radius 1 is 0.385 bits per heavy atom. The maximum atomic E-state index is 2.68. The van der Waals surface area contributed by atoms with Crippen LogP contribution >= 0.6 is 0 Å². The van der Waals surface area contributed by atoms with E-state index >= 15 is 0 Å². The van der Waals surface area contributed by atoms with E-state index in [1.807, 2.05) is 0 Å². The van der Waals surface area contributed by atoms with Crippen LogP contribution in [0.15, 0.2) is 0 Å². The van der Waals surface area contributed by atoms with E-state index in [1.165, 1.54) is 71.4 Å². The van der Waals surface area contributed by atoms with Gasteiger partial charge in [0.05, 0.1) is 0 Å². The molecule has 0 aromatic carbocycles. The highest BCUT2D eigenvalue weighted by atomic mass is 15.2. The molecular formula is C11H22N2. The lowest BCUT2D eigenvalue weighted by Gasteiger charge is -2.22. The lowest BCUT2D eigenvalue weighted by molar-refractivity contribution is 0.258. The zero-order valence-corrected chi connectivity index (χ0v) is 8.67. The summed E-state index contributed by atoms with van der Waals surface area (Å²) in [5.74, 6) is 0. The summed E-state index contributed by atoms with van der Waals surface area (Å²) in [6.45, 7) is 8.11. The molecule has 2 nitrogen and oxygen atoms in total. The molecule has 0 aromatic heterocycles. The fourth-order valence-electron chi connectivity index (χ4n) is 2.53. The Morgan fingerprint density at radius 3 is 1.08 bits per heavy atom. The van der Waals surface area contributed by atoms with Gasteiger partial charge in [-0.15, -0.1) is 0 Å². The largest absolute Gasteiger partial charge is 0.303 e. The Kier molecular flexibility index (Phi) is 3.62. The first-order valence-electron chi connectivity index (χ1n) is 5.90. The third-order valence-electron chi connectivity index (χ3n) is 3.35. The van der Waals surface area contributed by atoms with Gasteiger partial charge in [-0.25, -0.2) is 0 Å². The number of rotatable bonds is 0. The van der Waals surface area contributed by atoms with Crippen LogP contribution in [-0.2, 0) is 0 Å². The van der Waals surface area contributed by atoms with Crippen molar-refractivity contribution < 1.29 is 0 Å². The molecule has 2 aliphatic heterocycles. The second-order valence-corrected chi connectivity index (χ2v) is 4.45. The maximum Gasteiger partial charge on any atom is -0.000655 e. The van der Waals surface area contributed by atoms with Crippen molar-refractivity contribution in [1.29, 1.82) is 0 Å². The minimum atomic E-state index is 1.34. The van der Waals surface area contributed by atoms with Gasteiger partial charge in [-0.3, -0.25) is 0 Å². The SMILES string of the molecule is C1CCN2CCCCN(C1)CCC2. The molecule has 0 aromatic rings. The molecule has 2 heteroatoms. The van der Waals surface area contributed by atoms with Gasteiger partial charge in [0, 0.05) is 0 Å². The Labute approximate surface area is 81.9 Å². The van der Waals surface area contributed by atoms with Crippen LogP contribution in [0.3, 0.4) is 0 Å². The van der Waals surface area contributed by atoms with Crippen LogP contribution in [0.25, 0.3) is 0 Å². The molecule has 0 radical (unpaired) electrons. The topological polar surface area (TPSA) is 6.48 Å². The molecule has 0 aliphatic carbocycles. The van der Waals surface area contributed by atoms with Gasteiger partial charge in [0.15, 0.2) is 0 Å². The number of hydrogen-bond acceptors (Lipinski definition) is 2. The molecule has 2 saturated heterocycles. The van der Waals surface area contributed by atoms with E-state index in [9.17, 15) is 0 Å². The normalized spacial score (nSPS) is 36.9. The molecule has 0 saturated carbocycles. The van der Waals surface area contributed by atoms with Crippen LogP contribution in [-0.4, -0.2) is 49.1 Å². The number of hydrogen-bond donors (Lipinski definition) is 0.